The maximum absolute atomic E-state index is 12.5. The standard InChI is InChI=1S/C17H29N5O2/c1-13-19-14(2)22(20-13)9-7-18-17(23)15-4-3-8-21(12-15)16-5-10-24-11-6-16/h15-16H,3-12H2,1-2H3,(H,18,23)/t15-/m0/s1. The van der Waals surface area contributed by atoms with Crippen molar-refractivity contribution >= 4 is 5.91 Å². The number of ether oxygens (including phenoxy) is 1. The summed E-state index contributed by atoms with van der Waals surface area (Å²) in [6.45, 7) is 8.82. The van der Waals surface area contributed by atoms with E-state index in [4.69, 9.17) is 4.74 Å². The minimum absolute atomic E-state index is 0.111. The van der Waals surface area contributed by atoms with Crippen molar-refractivity contribution in [2.24, 2.45) is 5.92 Å². The van der Waals surface area contributed by atoms with Crippen molar-refractivity contribution in [3.8, 4) is 0 Å². The summed E-state index contributed by atoms with van der Waals surface area (Å²) in [6, 6.07) is 0.593. The van der Waals surface area contributed by atoms with Gasteiger partial charge < -0.3 is 10.1 Å². The maximum atomic E-state index is 12.5. The highest BCUT2D eigenvalue weighted by molar-refractivity contribution is 5.78. The fourth-order valence-corrected chi connectivity index (χ4v) is 3.80. The van der Waals surface area contributed by atoms with Gasteiger partial charge in [-0.15, -0.1) is 0 Å². The van der Waals surface area contributed by atoms with Gasteiger partial charge in [0.2, 0.25) is 5.91 Å². The third kappa shape index (κ3) is 4.33. The van der Waals surface area contributed by atoms with E-state index in [1.54, 1.807) is 0 Å². The van der Waals surface area contributed by atoms with E-state index in [9.17, 15) is 4.79 Å². The van der Waals surface area contributed by atoms with Gasteiger partial charge in [-0.05, 0) is 46.1 Å². The fourth-order valence-electron chi connectivity index (χ4n) is 3.80. The first-order valence-corrected chi connectivity index (χ1v) is 9.11. The van der Waals surface area contributed by atoms with E-state index in [0.717, 1.165) is 63.6 Å². The van der Waals surface area contributed by atoms with E-state index >= 15 is 0 Å². The number of aryl methyl sites for hydroxylation is 2. The molecule has 1 aromatic heterocycles. The Hall–Kier alpha value is -1.47. The zero-order chi connectivity index (χ0) is 16.9. The van der Waals surface area contributed by atoms with Gasteiger partial charge in [-0.2, -0.15) is 5.10 Å². The molecule has 1 amide bonds. The number of piperidine rings is 1. The monoisotopic (exact) mass is 335 g/mol. The topological polar surface area (TPSA) is 72.3 Å². The summed E-state index contributed by atoms with van der Waals surface area (Å²) in [5, 5.41) is 7.41. The summed E-state index contributed by atoms with van der Waals surface area (Å²) in [4.78, 5) is 19.3. The Morgan fingerprint density at radius 3 is 2.79 bits per heavy atom. The molecule has 0 unspecified atom stereocenters. The molecule has 134 valence electrons. The molecular formula is C17H29N5O2. The molecule has 0 radical (unpaired) electrons. The highest BCUT2D eigenvalue weighted by Crippen LogP contribution is 2.23. The van der Waals surface area contributed by atoms with Crippen LogP contribution in [-0.4, -0.2) is 64.5 Å². The van der Waals surface area contributed by atoms with Gasteiger partial charge in [0.05, 0.1) is 12.5 Å². The average molecular weight is 335 g/mol. The van der Waals surface area contributed by atoms with Gasteiger partial charge in [-0.1, -0.05) is 0 Å². The van der Waals surface area contributed by atoms with Gasteiger partial charge in [-0.25, -0.2) is 9.67 Å². The summed E-state index contributed by atoms with van der Waals surface area (Å²) >= 11 is 0. The minimum Gasteiger partial charge on any atom is -0.381 e. The molecule has 1 atom stereocenters. The summed E-state index contributed by atoms with van der Waals surface area (Å²) in [6.07, 6.45) is 4.29. The minimum atomic E-state index is 0.111. The quantitative estimate of drug-likeness (QED) is 0.866. The summed E-state index contributed by atoms with van der Waals surface area (Å²) in [5.74, 6) is 1.96. The van der Waals surface area contributed by atoms with E-state index in [1.165, 1.54) is 0 Å². The molecule has 2 aliphatic rings. The number of hydrogen-bond acceptors (Lipinski definition) is 5. The van der Waals surface area contributed by atoms with Crippen molar-refractivity contribution in [3.63, 3.8) is 0 Å². The Balaban J connectivity index is 1.45. The van der Waals surface area contributed by atoms with Crippen molar-refractivity contribution in [3.05, 3.63) is 11.6 Å². The molecule has 2 saturated heterocycles. The number of carbonyl (C=O) groups is 1. The van der Waals surface area contributed by atoms with Crippen LogP contribution in [0.2, 0.25) is 0 Å². The normalized spacial score (nSPS) is 23.3. The van der Waals surface area contributed by atoms with Crippen molar-refractivity contribution in [2.45, 2.75) is 52.1 Å². The van der Waals surface area contributed by atoms with Crippen molar-refractivity contribution in [2.75, 3.05) is 32.8 Å². The van der Waals surface area contributed by atoms with E-state index in [1.807, 2.05) is 18.5 Å². The van der Waals surface area contributed by atoms with Crippen LogP contribution >= 0.6 is 0 Å². The van der Waals surface area contributed by atoms with Crippen LogP contribution in [0.1, 0.15) is 37.3 Å². The first-order valence-electron chi connectivity index (χ1n) is 9.11. The van der Waals surface area contributed by atoms with Crippen LogP contribution in [0.25, 0.3) is 0 Å². The maximum Gasteiger partial charge on any atom is 0.224 e. The average Bonchev–Trinajstić information content (AvgIpc) is 2.93. The van der Waals surface area contributed by atoms with Crippen molar-refractivity contribution in [1.82, 2.24) is 25.0 Å². The lowest BCUT2D eigenvalue weighted by Crippen LogP contribution is -2.49. The molecule has 3 rings (SSSR count). The SMILES string of the molecule is Cc1nc(C)n(CCNC(=O)[C@H]2CCCN(C3CCOCC3)C2)n1. The van der Waals surface area contributed by atoms with E-state index in [2.05, 4.69) is 20.3 Å². The second-order valence-electron chi connectivity index (χ2n) is 6.90. The largest absolute Gasteiger partial charge is 0.381 e. The molecule has 2 aliphatic heterocycles. The molecule has 7 nitrogen and oxygen atoms in total. The van der Waals surface area contributed by atoms with Gasteiger partial charge in [0.15, 0.2) is 0 Å². The predicted molar refractivity (Wildman–Crippen MR) is 90.6 cm³/mol. The summed E-state index contributed by atoms with van der Waals surface area (Å²) in [5.41, 5.74) is 0. The molecule has 7 heteroatoms. The Morgan fingerprint density at radius 2 is 2.08 bits per heavy atom. The molecule has 2 fully saturated rings. The molecule has 0 aliphatic carbocycles. The molecule has 24 heavy (non-hydrogen) atoms. The first-order chi connectivity index (χ1) is 11.6. The van der Waals surface area contributed by atoms with Crippen LogP contribution in [0.5, 0.6) is 0 Å². The molecule has 3 heterocycles. The Kier molecular flexibility index (Phi) is 5.84. The van der Waals surface area contributed by atoms with E-state index in [0.29, 0.717) is 19.1 Å². The third-order valence-electron chi connectivity index (χ3n) is 5.12. The number of hydrogen-bond donors (Lipinski definition) is 1. The number of nitrogens with one attached hydrogen (secondary N) is 1. The lowest BCUT2D eigenvalue weighted by molar-refractivity contribution is -0.127. The van der Waals surface area contributed by atoms with Crippen molar-refractivity contribution in [1.29, 1.82) is 0 Å². The smallest absolute Gasteiger partial charge is 0.224 e. The van der Waals surface area contributed by atoms with Crippen LogP contribution in [-0.2, 0) is 16.1 Å². The van der Waals surface area contributed by atoms with Crippen LogP contribution < -0.4 is 5.32 Å². The van der Waals surface area contributed by atoms with Gasteiger partial charge in [0, 0.05) is 32.3 Å². The molecule has 0 spiro atoms. The first kappa shape index (κ1) is 17.4. The highest BCUT2D eigenvalue weighted by atomic mass is 16.5. The number of likely N-dealkylation sites (tertiary alicyclic amines) is 1. The zero-order valence-electron chi connectivity index (χ0n) is 14.8. The summed E-state index contributed by atoms with van der Waals surface area (Å²) in [7, 11) is 0. The van der Waals surface area contributed by atoms with E-state index in [-0.39, 0.29) is 11.8 Å². The van der Waals surface area contributed by atoms with Crippen LogP contribution in [0.15, 0.2) is 0 Å². The zero-order valence-corrected chi connectivity index (χ0v) is 14.8. The molecule has 1 N–H and O–H groups in total. The molecule has 1 aromatic rings. The lowest BCUT2D eigenvalue weighted by atomic mass is 9.94. The van der Waals surface area contributed by atoms with Gasteiger partial charge >= 0.3 is 0 Å². The van der Waals surface area contributed by atoms with Gasteiger partial charge in [-0.3, -0.25) is 9.69 Å². The number of amides is 1. The van der Waals surface area contributed by atoms with Crippen LogP contribution in [0, 0.1) is 19.8 Å². The van der Waals surface area contributed by atoms with E-state index < -0.39 is 0 Å². The Morgan fingerprint density at radius 1 is 1.29 bits per heavy atom. The van der Waals surface area contributed by atoms with Crippen LogP contribution in [0.4, 0.5) is 0 Å². The number of aromatic nitrogens is 3. The molecule has 0 aromatic carbocycles. The Bertz CT molecular complexity index is 553. The molecular weight excluding hydrogens is 306 g/mol. The molecule has 0 bridgehead atoms. The molecule has 0 saturated carbocycles. The fraction of sp³-hybridized carbons (Fsp3) is 0.824. The third-order valence-corrected chi connectivity index (χ3v) is 5.12. The van der Waals surface area contributed by atoms with Crippen molar-refractivity contribution < 1.29 is 9.53 Å². The lowest BCUT2D eigenvalue weighted by Gasteiger charge is -2.39. The second kappa shape index (κ2) is 8.07. The van der Waals surface area contributed by atoms with Gasteiger partial charge in [0.25, 0.3) is 0 Å². The number of nitrogens with zero attached hydrogens (tertiary/aromatic N) is 4. The highest BCUT2D eigenvalue weighted by Gasteiger charge is 2.30. The summed E-state index contributed by atoms with van der Waals surface area (Å²) < 4.78 is 7.30. The van der Waals surface area contributed by atoms with Crippen LogP contribution in [0.3, 0.4) is 0 Å². The van der Waals surface area contributed by atoms with Gasteiger partial charge in [0.1, 0.15) is 11.6 Å². The number of carbonyl (C=O) groups excluding carboxylic acids is 1. The second-order valence-corrected chi connectivity index (χ2v) is 6.90. The Labute approximate surface area is 143 Å². The number of rotatable bonds is 5. The predicted octanol–water partition coefficient (Wildman–Crippen LogP) is 0.902.